The monoisotopic (exact) mass is 266 g/mol. The van der Waals surface area contributed by atoms with E-state index in [4.69, 9.17) is 9.47 Å². The molecule has 4 nitrogen and oxygen atoms in total. The van der Waals surface area contributed by atoms with E-state index in [0.717, 1.165) is 30.2 Å². The Hall–Kier alpha value is -1.26. The van der Waals surface area contributed by atoms with E-state index in [1.165, 1.54) is 0 Å². The van der Waals surface area contributed by atoms with Gasteiger partial charge in [-0.25, -0.2) is 0 Å². The van der Waals surface area contributed by atoms with Gasteiger partial charge in [0.25, 0.3) is 0 Å². The molecule has 0 spiro atoms. The van der Waals surface area contributed by atoms with E-state index in [1.807, 2.05) is 12.1 Å². The van der Waals surface area contributed by atoms with Gasteiger partial charge in [0.1, 0.15) is 0 Å². The second kappa shape index (κ2) is 6.78. The Morgan fingerprint density at radius 1 is 1.16 bits per heavy atom. The average molecular weight is 266 g/mol. The molecule has 0 fully saturated rings. The molecule has 0 saturated heterocycles. The van der Waals surface area contributed by atoms with Crippen LogP contribution in [0.3, 0.4) is 0 Å². The third-order valence-corrected chi connectivity index (χ3v) is 3.57. The molecule has 1 rings (SSSR count). The molecule has 4 heteroatoms. The predicted molar refractivity (Wildman–Crippen MR) is 79.0 cm³/mol. The number of methoxy groups -OCH3 is 2. The minimum absolute atomic E-state index is 0.117. The topological polar surface area (TPSA) is 33.7 Å². The van der Waals surface area contributed by atoms with Crippen molar-refractivity contribution >= 4 is 0 Å². The molecule has 0 saturated carbocycles. The minimum Gasteiger partial charge on any atom is -0.493 e. The Bertz CT molecular complexity index is 403. The van der Waals surface area contributed by atoms with E-state index >= 15 is 0 Å². The number of hydrogen-bond donors (Lipinski definition) is 1. The number of ether oxygens (including phenoxy) is 2. The molecule has 0 aliphatic rings. The van der Waals surface area contributed by atoms with Gasteiger partial charge in [0.15, 0.2) is 11.5 Å². The second-order valence-corrected chi connectivity index (χ2v) is 5.46. The van der Waals surface area contributed by atoms with Gasteiger partial charge in [-0.05, 0) is 34.0 Å². The van der Waals surface area contributed by atoms with Crippen LogP contribution in [0, 0.1) is 0 Å². The summed E-state index contributed by atoms with van der Waals surface area (Å²) in [6.45, 7) is 6.09. The summed E-state index contributed by atoms with van der Waals surface area (Å²) in [6.07, 6.45) is 0. The van der Waals surface area contributed by atoms with Crippen LogP contribution in [0.15, 0.2) is 18.2 Å². The van der Waals surface area contributed by atoms with E-state index in [9.17, 15) is 0 Å². The van der Waals surface area contributed by atoms with Crippen molar-refractivity contribution in [3.8, 4) is 11.5 Å². The summed E-state index contributed by atoms with van der Waals surface area (Å²) >= 11 is 0. The number of hydrogen-bond acceptors (Lipinski definition) is 4. The van der Waals surface area contributed by atoms with Crippen molar-refractivity contribution in [2.75, 3.05) is 34.9 Å². The molecule has 0 aliphatic carbocycles. The molecule has 1 aromatic rings. The molecule has 0 bridgehead atoms. The van der Waals surface area contributed by atoms with E-state index in [2.05, 4.69) is 44.2 Å². The number of rotatable bonds is 7. The molecule has 0 amide bonds. The zero-order chi connectivity index (χ0) is 14.5. The predicted octanol–water partition coefficient (Wildman–Crippen LogP) is 2.13. The van der Waals surface area contributed by atoms with Crippen LogP contribution in [0.4, 0.5) is 0 Å². The van der Waals surface area contributed by atoms with Crippen LogP contribution in [0.25, 0.3) is 0 Å². The Kier molecular flexibility index (Phi) is 5.63. The molecule has 0 atom stereocenters. The number of nitrogens with one attached hydrogen (secondary N) is 1. The maximum Gasteiger partial charge on any atom is 0.165 e. The second-order valence-electron chi connectivity index (χ2n) is 5.46. The molecule has 0 aliphatic heterocycles. The van der Waals surface area contributed by atoms with Crippen molar-refractivity contribution in [3.63, 3.8) is 0 Å². The first-order valence-corrected chi connectivity index (χ1v) is 6.50. The number of likely N-dealkylation sites (N-methyl/N-ethyl adjacent to an activating group) is 1. The largest absolute Gasteiger partial charge is 0.493 e. The molecule has 0 aromatic heterocycles. The summed E-state index contributed by atoms with van der Waals surface area (Å²) in [7, 11) is 7.51. The fraction of sp³-hybridized carbons (Fsp3) is 0.600. The first-order valence-electron chi connectivity index (χ1n) is 6.50. The molecule has 1 N–H and O–H groups in total. The summed E-state index contributed by atoms with van der Waals surface area (Å²) in [4.78, 5) is 2.21. The third kappa shape index (κ3) is 4.11. The van der Waals surface area contributed by atoms with Crippen LogP contribution < -0.4 is 14.8 Å². The lowest BCUT2D eigenvalue weighted by Crippen LogP contribution is -2.46. The van der Waals surface area contributed by atoms with Crippen LogP contribution in [-0.4, -0.2) is 45.3 Å². The van der Waals surface area contributed by atoms with Gasteiger partial charge in [-0.3, -0.25) is 0 Å². The molecule has 1 aromatic carbocycles. The van der Waals surface area contributed by atoms with E-state index < -0.39 is 0 Å². The van der Waals surface area contributed by atoms with Crippen molar-refractivity contribution in [2.24, 2.45) is 0 Å². The summed E-state index contributed by atoms with van der Waals surface area (Å²) < 4.78 is 10.7. The highest BCUT2D eigenvalue weighted by molar-refractivity contribution is 5.46. The van der Waals surface area contributed by atoms with Crippen LogP contribution in [0.5, 0.6) is 11.5 Å². The normalized spacial score (nSPS) is 11.7. The lowest BCUT2D eigenvalue weighted by Gasteiger charge is -2.32. The summed E-state index contributed by atoms with van der Waals surface area (Å²) in [5, 5.41) is 3.47. The molecule has 0 unspecified atom stereocenters. The first kappa shape index (κ1) is 15.8. The molecule has 108 valence electrons. The Balaban J connectivity index is 2.68. The SMILES string of the molecule is COc1cccc(CNCC(C)(C)N(C)C)c1OC. The number of benzene rings is 1. The average Bonchev–Trinajstić information content (AvgIpc) is 2.37. The van der Waals surface area contributed by atoms with Gasteiger partial charge in [-0.15, -0.1) is 0 Å². The molecule has 0 radical (unpaired) electrons. The lowest BCUT2D eigenvalue weighted by molar-refractivity contribution is 0.189. The van der Waals surface area contributed by atoms with Gasteiger partial charge in [0.2, 0.25) is 0 Å². The highest BCUT2D eigenvalue weighted by Gasteiger charge is 2.19. The zero-order valence-corrected chi connectivity index (χ0v) is 12.9. The van der Waals surface area contributed by atoms with Crippen LogP contribution >= 0.6 is 0 Å². The highest BCUT2D eigenvalue weighted by Crippen LogP contribution is 2.30. The van der Waals surface area contributed by atoms with Gasteiger partial charge < -0.3 is 19.7 Å². The Morgan fingerprint density at radius 3 is 2.37 bits per heavy atom. The van der Waals surface area contributed by atoms with Crippen molar-refractivity contribution < 1.29 is 9.47 Å². The molecular weight excluding hydrogens is 240 g/mol. The van der Waals surface area contributed by atoms with Gasteiger partial charge in [-0.1, -0.05) is 12.1 Å². The van der Waals surface area contributed by atoms with E-state index in [0.29, 0.717) is 0 Å². The first-order chi connectivity index (χ1) is 8.92. The zero-order valence-electron chi connectivity index (χ0n) is 12.9. The molecule has 19 heavy (non-hydrogen) atoms. The fourth-order valence-electron chi connectivity index (χ4n) is 1.75. The molecule has 0 heterocycles. The van der Waals surface area contributed by atoms with Gasteiger partial charge >= 0.3 is 0 Å². The molecular formula is C15H26N2O2. The smallest absolute Gasteiger partial charge is 0.165 e. The minimum atomic E-state index is 0.117. The van der Waals surface area contributed by atoms with Crippen LogP contribution in [-0.2, 0) is 6.54 Å². The summed E-state index contributed by atoms with van der Waals surface area (Å²) in [5.41, 5.74) is 1.22. The van der Waals surface area contributed by atoms with Gasteiger partial charge in [-0.2, -0.15) is 0 Å². The van der Waals surface area contributed by atoms with Crippen LogP contribution in [0.2, 0.25) is 0 Å². The highest BCUT2D eigenvalue weighted by atomic mass is 16.5. The van der Waals surface area contributed by atoms with Crippen molar-refractivity contribution in [1.82, 2.24) is 10.2 Å². The fourth-order valence-corrected chi connectivity index (χ4v) is 1.75. The number of para-hydroxylation sites is 1. The maximum atomic E-state index is 5.42. The Labute approximate surface area is 116 Å². The lowest BCUT2D eigenvalue weighted by atomic mass is 10.0. The van der Waals surface area contributed by atoms with Crippen molar-refractivity contribution in [3.05, 3.63) is 23.8 Å². The maximum absolute atomic E-state index is 5.42. The van der Waals surface area contributed by atoms with Crippen molar-refractivity contribution in [1.29, 1.82) is 0 Å². The van der Waals surface area contributed by atoms with E-state index in [1.54, 1.807) is 14.2 Å². The number of nitrogens with zero attached hydrogens (tertiary/aromatic N) is 1. The van der Waals surface area contributed by atoms with Gasteiger partial charge in [0, 0.05) is 24.2 Å². The third-order valence-electron chi connectivity index (χ3n) is 3.57. The quantitative estimate of drug-likeness (QED) is 0.820. The summed E-state index contributed by atoms with van der Waals surface area (Å²) in [5.74, 6) is 1.58. The van der Waals surface area contributed by atoms with Crippen LogP contribution in [0.1, 0.15) is 19.4 Å². The standard InChI is InChI=1S/C15H26N2O2/c1-15(2,17(3)4)11-16-10-12-8-7-9-13(18-5)14(12)19-6/h7-9,16H,10-11H2,1-6H3. The van der Waals surface area contributed by atoms with E-state index in [-0.39, 0.29) is 5.54 Å². The Morgan fingerprint density at radius 2 is 1.84 bits per heavy atom. The summed E-state index contributed by atoms with van der Waals surface area (Å²) in [6, 6.07) is 5.94. The van der Waals surface area contributed by atoms with Crippen molar-refractivity contribution in [2.45, 2.75) is 25.9 Å². The van der Waals surface area contributed by atoms with Gasteiger partial charge in [0.05, 0.1) is 14.2 Å².